The highest BCUT2D eigenvalue weighted by molar-refractivity contribution is 8.13. The molecule has 3 aromatic carbocycles. The SMILES string of the molecule is CSCCOC(=O)c1ccc(C#Cc2ccc(C#Cc3ccc(SC(C)=O)cc3)c([N+](=O)[O-])c2)cc1. The maximum atomic E-state index is 12.0. The molecule has 0 heterocycles. The highest BCUT2D eigenvalue weighted by Gasteiger charge is 2.12. The molecule has 36 heavy (non-hydrogen) atoms. The molecule has 180 valence electrons. The van der Waals surface area contributed by atoms with E-state index in [2.05, 4.69) is 23.7 Å². The van der Waals surface area contributed by atoms with Crippen LogP contribution >= 0.6 is 23.5 Å². The number of nitro groups is 1. The van der Waals surface area contributed by atoms with E-state index in [0.29, 0.717) is 28.9 Å². The number of hydrogen-bond acceptors (Lipinski definition) is 7. The Hall–Kier alpha value is -3.98. The van der Waals surface area contributed by atoms with E-state index in [1.54, 1.807) is 72.4 Å². The van der Waals surface area contributed by atoms with Gasteiger partial charge in [0.2, 0.25) is 0 Å². The van der Waals surface area contributed by atoms with E-state index in [4.69, 9.17) is 4.74 Å². The lowest BCUT2D eigenvalue weighted by Gasteiger charge is -2.03. The van der Waals surface area contributed by atoms with Crippen molar-refractivity contribution in [3.05, 3.63) is 105 Å². The molecule has 0 aliphatic rings. The van der Waals surface area contributed by atoms with Crippen LogP contribution in [0.2, 0.25) is 0 Å². The first-order chi connectivity index (χ1) is 17.4. The van der Waals surface area contributed by atoms with Crippen LogP contribution in [0.4, 0.5) is 5.69 Å². The van der Waals surface area contributed by atoms with Gasteiger partial charge in [0.05, 0.1) is 10.5 Å². The summed E-state index contributed by atoms with van der Waals surface area (Å²) in [5.74, 6) is 12.0. The molecular weight excluding hydrogens is 494 g/mol. The number of carbonyl (C=O) groups is 2. The molecule has 0 spiro atoms. The highest BCUT2D eigenvalue weighted by atomic mass is 32.2. The Labute approximate surface area is 218 Å². The molecule has 0 aromatic heterocycles. The second-order valence-corrected chi connectivity index (χ2v) is 9.55. The van der Waals surface area contributed by atoms with Gasteiger partial charge in [0, 0.05) is 40.3 Å². The summed E-state index contributed by atoms with van der Waals surface area (Å²) in [6.07, 6.45) is 1.94. The van der Waals surface area contributed by atoms with E-state index in [1.807, 2.05) is 6.26 Å². The van der Waals surface area contributed by atoms with E-state index in [0.717, 1.165) is 22.4 Å². The summed E-state index contributed by atoms with van der Waals surface area (Å²) in [4.78, 5) is 35.1. The minimum Gasteiger partial charge on any atom is -0.461 e. The standard InChI is InChI=1S/C28H21NO5S2/c1-20(30)36-26-15-9-22(10-16-26)5-11-24-12-8-23(19-27(24)29(32)33)4-3-21-6-13-25(14-7-21)28(31)34-17-18-35-2/h6-10,12-16,19H,17-18H2,1-2H3. The Morgan fingerprint density at radius 1 is 0.889 bits per heavy atom. The van der Waals surface area contributed by atoms with Crippen LogP contribution in [0.25, 0.3) is 0 Å². The van der Waals surface area contributed by atoms with Gasteiger partial charge in [-0.15, -0.1) is 0 Å². The number of esters is 1. The summed E-state index contributed by atoms with van der Waals surface area (Å²) in [6.45, 7) is 1.85. The molecule has 0 amide bonds. The summed E-state index contributed by atoms with van der Waals surface area (Å²) < 4.78 is 5.17. The van der Waals surface area contributed by atoms with Crippen LogP contribution in [-0.4, -0.2) is 34.6 Å². The summed E-state index contributed by atoms with van der Waals surface area (Å²) in [5, 5.41) is 11.6. The second kappa shape index (κ2) is 13.2. The van der Waals surface area contributed by atoms with Gasteiger partial charge in [-0.3, -0.25) is 14.9 Å². The van der Waals surface area contributed by atoms with Crippen molar-refractivity contribution in [3.63, 3.8) is 0 Å². The number of thioether (sulfide) groups is 2. The zero-order valence-corrected chi connectivity index (χ0v) is 21.2. The molecule has 0 aliphatic heterocycles. The van der Waals surface area contributed by atoms with Gasteiger partial charge in [-0.1, -0.05) is 35.4 Å². The van der Waals surface area contributed by atoms with Crippen LogP contribution in [0.1, 0.15) is 39.5 Å². The zero-order valence-electron chi connectivity index (χ0n) is 19.6. The molecule has 0 bridgehead atoms. The molecule has 0 atom stereocenters. The highest BCUT2D eigenvalue weighted by Crippen LogP contribution is 2.21. The Balaban J connectivity index is 1.74. The van der Waals surface area contributed by atoms with Crippen LogP contribution < -0.4 is 0 Å². The summed E-state index contributed by atoms with van der Waals surface area (Å²) in [6, 6.07) is 18.4. The molecule has 3 rings (SSSR count). The molecule has 0 radical (unpaired) electrons. The summed E-state index contributed by atoms with van der Waals surface area (Å²) in [5.41, 5.74) is 2.38. The minimum absolute atomic E-state index is 0.00788. The number of ether oxygens (including phenoxy) is 1. The van der Waals surface area contributed by atoms with Crippen molar-refractivity contribution in [2.75, 3.05) is 18.6 Å². The van der Waals surface area contributed by atoms with Crippen molar-refractivity contribution in [2.24, 2.45) is 0 Å². The molecule has 0 saturated carbocycles. The topological polar surface area (TPSA) is 86.5 Å². The Bertz CT molecular complexity index is 1390. The van der Waals surface area contributed by atoms with Gasteiger partial charge in [0.25, 0.3) is 5.69 Å². The quantitative estimate of drug-likeness (QED) is 0.106. The first-order valence-corrected chi connectivity index (χ1v) is 12.9. The van der Waals surface area contributed by atoms with Gasteiger partial charge in [-0.2, -0.15) is 11.8 Å². The number of hydrogen-bond donors (Lipinski definition) is 0. The van der Waals surface area contributed by atoms with Gasteiger partial charge in [-0.25, -0.2) is 4.79 Å². The van der Waals surface area contributed by atoms with Crippen LogP contribution in [0.5, 0.6) is 0 Å². The predicted octanol–water partition coefficient (Wildman–Crippen LogP) is 5.55. The van der Waals surface area contributed by atoms with Gasteiger partial charge in [-0.05, 0) is 66.9 Å². The Morgan fingerprint density at radius 2 is 1.47 bits per heavy atom. The average molecular weight is 516 g/mol. The minimum atomic E-state index is -0.487. The largest absolute Gasteiger partial charge is 0.461 e. The molecule has 0 fully saturated rings. The lowest BCUT2D eigenvalue weighted by Crippen LogP contribution is -2.07. The lowest BCUT2D eigenvalue weighted by molar-refractivity contribution is -0.385. The van der Waals surface area contributed by atoms with Crippen molar-refractivity contribution >= 4 is 40.3 Å². The number of nitro benzene ring substituents is 1. The van der Waals surface area contributed by atoms with E-state index >= 15 is 0 Å². The van der Waals surface area contributed by atoms with Gasteiger partial charge in [0.15, 0.2) is 5.12 Å². The van der Waals surface area contributed by atoms with Crippen molar-refractivity contribution < 1.29 is 19.2 Å². The molecule has 6 nitrogen and oxygen atoms in total. The zero-order chi connectivity index (χ0) is 25.9. The summed E-state index contributed by atoms with van der Waals surface area (Å²) >= 11 is 2.72. The smallest absolute Gasteiger partial charge is 0.338 e. The molecule has 0 N–H and O–H groups in total. The molecule has 0 aliphatic carbocycles. The maximum Gasteiger partial charge on any atom is 0.338 e. The Morgan fingerprint density at radius 3 is 2.08 bits per heavy atom. The van der Waals surface area contributed by atoms with E-state index in [9.17, 15) is 19.7 Å². The van der Waals surface area contributed by atoms with E-state index < -0.39 is 4.92 Å². The van der Waals surface area contributed by atoms with Crippen molar-refractivity contribution in [1.82, 2.24) is 0 Å². The molecule has 0 unspecified atom stereocenters. The van der Waals surface area contributed by atoms with Gasteiger partial charge in [0.1, 0.15) is 12.2 Å². The third-order valence-corrected chi connectivity index (χ3v) is 6.01. The lowest BCUT2D eigenvalue weighted by atomic mass is 10.1. The third kappa shape index (κ3) is 8.06. The first-order valence-electron chi connectivity index (χ1n) is 10.7. The average Bonchev–Trinajstić information content (AvgIpc) is 2.87. The Kier molecular flexibility index (Phi) is 9.76. The second-order valence-electron chi connectivity index (χ2n) is 7.31. The fraction of sp³-hybridized carbons (Fsp3) is 0.143. The normalized spacial score (nSPS) is 9.83. The van der Waals surface area contributed by atoms with Gasteiger partial charge < -0.3 is 4.74 Å². The van der Waals surface area contributed by atoms with E-state index in [-0.39, 0.29) is 22.3 Å². The molecular formula is C28H21NO5S2. The molecule has 0 saturated heterocycles. The summed E-state index contributed by atoms with van der Waals surface area (Å²) in [7, 11) is 0. The predicted molar refractivity (Wildman–Crippen MR) is 143 cm³/mol. The number of rotatable bonds is 6. The third-order valence-electron chi connectivity index (χ3n) is 4.64. The van der Waals surface area contributed by atoms with Crippen LogP contribution in [-0.2, 0) is 9.53 Å². The van der Waals surface area contributed by atoms with E-state index in [1.165, 1.54) is 13.0 Å². The number of carbonyl (C=O) groups excluding carboxylic acids is 2. The molecule has 8 heteroatoms. The monoisotopic (exact) mass is 515 g/mol. The van der Waals surface area contributed by atoms with Gasteiger partial charge >= 0.3 is 5.97 Å². The number of nitrogens with zero attached hydrogens (tertiary/aromatic N) is 1. The van der Waals surface area contributed by atoms with Crippen molar-refractivity contribution in [1.29, 1.82) is 0 Å². The first kappa shape index (κ1) is 26.6. The van der Waals surface area contributed by atoms with Crippen LogP contribution in [0.15, 0.2) is 71.6 Å². The van der Waals surface area contributed by atoms with Crippen LogP contribution in [0, 0.1) is 33.8 Å². The number of benzene rings is 3. The van der Waals surface area contributed by atoms with Crippen molar-refractivity contribution in [3.8, 4) is 23.7 Å². The van der Waals surface area contributed by atoms with Crippen molar-refractivity contribution in [2.45, 2.75) is 11.8 Å². The fourth-order valence-electron chi connectivity index (χ4n) is 2.91. The molecule has 3 aromatic rings. The van der Waals surface area contributed by atoms with Crippen LogP contribution in [0.3, 0.4) is 0 Å². The fourth-order valence-corrected chi connectivity index (χ4v) is 3.77. The maximum absolute atomic E-state index is 12.0.